The van der Waals surface area contributed by atoms with Gasteiger partial charge in [-0.2, -0.15) is 0 Å². The van der Waals surface area contributed by atoms with Gasteiger partial charge in [-0.1, -0.05) is 6.07 Å². The molecule has 2 atom stereocenters. The fourth-order valence-corrected chi connectivity index (χ4v) is 2.73. The van der Waals surface area contributed by atoms with Gasteiger partial charge in [-0.3, -0.25) is 4.98 Å². The average Bonchev–Trinajstić information content (AvgIpc) is 2.47. The van der Waals surface area contributed by atoms with Crippen molar-refractivity contribution in [1.82, 2.24) is 9.88 Å². The Morgan fingerprint density at radius 3 is 2.70 bits per heavy atom. The number of carbonyl (C=O) groups is 1. The number of nitrogens with zero attached hydrogens (tertiary/aromatic N) is 2. The summed E-state index contributed by atoms with van der Waals surface area (Å²) in [5.74, 6) is -0.0376. The topological polar surface area (TPSA) is 82.9 Å². The molecule has 0 saturated carbocycles. The number of carbonyl (C=O) groups excluding carboxylic acids is 1. The van der Waals surface area contributed by atoms with Crippen LogP contribution in [0.5, 0.6) is 0 Å². The lowest BCUT2D eigenvalue weighted by molar-refractivity contribution is -0.00154. The smallest absolute Gasteiger partial charge is 0.410 e. The maximum Gasteiger partial charge on any atom is 0.410 e. The molecule has 1 fully saturated rings. The van der Waals surface area contributed by atoms with Crippen molar-refractivity contribution in [2.75, 3.05) is 19.7 Å². The zero-order chi connectivity index (χ0) is 17.0. The van der Waals surface area contributed by atoms with E-state index in [2.05, 4.69) is 4.98 Å². The Balaban J connectivity index is 1.97. The highest BCUT2D eigenvalue weighted by Gasteiger charge is 2.33. The quantitative estimate of drug-likeness (QED) is 0.885. The van der Waals surface area contributed by atoms with Crippen LogP contribution in [0.2, 0.25) is 0 Å². The van der Waals surface area contributed by atoms with Crippen LogP contribution in [0.25, 0.3) is 0 Å². The molecular formula is C17H26N2O4. The lowest BCUT2D eigenvalue weighted by Crippen LogP contribution is -2.47. The van der Waals surface area contributed by atoms with E-state index in [0.29, 0.717) is 19.4 Å². The summed E-state index contributed by atoms with van der Waals surface area (Å²) in [5, 5.41) is 19.3. The lowest BCUT2D eigenvalue weighted by atomic mass is 9.88. The summed E-state index contributed by atoms with van der Waals surface area (Å²) in [5.41, 5.74) is 1.26. The molecule has 1 aliphatic rings. The van der Waals surface area contributed by atoms with Crippen LogP contribution in [0.15, 0.2) is 18.3 Å². The highest BCUT2D eigenvalue weighted by atomic mass is 16.6. The van der Waals surface area contributed by atoms with Gasteiger partial charge in [0.25, 0.3) is 0 Å². The van der Waals surface area contributed by atoms with E-state index >= 15 is 0 Å². The fourth-order valence-electron chi connectivity index (χ4n) is 2.73. The van der Waals surface area contributed by atoms with Crippen LogP contribution in [-0.4, -0.2) is 57.6 Å². The summed E-state index contributed by atoms with van der Waals surface area (Å²) in [7, 11) is 0. The van der Waals surface area contributed by atoms with Crippen molar-refractivity contribution in [2.45, 2.75) is 51.2 Å². The summed E-state index contributed by atoms with van der Waals surface area (Å²) in [6, 6.07) is 3.81. The minimum Gasteiger partial charge on any atom is -0.444 e. The Morgan fingerprint density at radius 1 is 1.43 bits per heavy atom. The van der Waals surface area contributed by atoms with Gasteiger partial charge in [0.15, 0.2) is 0 Å². The molecule has 0 spiro atoms. The number of aromatic nitrogens is 1. The molecule has 1 amide bonds. The molecule has 6 nitrogen and oxygen atoms in total. The van der Waals surface area contributed by atoms with Crippen molar-refractivity contribution in [1.29, 1.82) is 0 Å². The molecule has 1 saturated heterocycles. The zero-order valence-electron chi connectivity index (χ0n) is 14.0. The number of piperidine rings is 1. The normalized spacial score (nSPS) is 22.0. The van der Waals surface area contributed by atoms with Crippen LogP contribution in [0.3, 0.4) is 0 Å². The third-order valence-electron chi connectivity index (χ3n) is 3.88. The second kappa shape index (κ2) is 7.27. The van der Waals surface area contributed by atoms with Gasteiger partial charge >= 0.3 is 6.09 Å². The lowest BCUT2D eigenvalue weighted by Gasteiger charge is -2.36. The molecule has 128 valence electrons. The minimum atomic E-state index is -0.637. The first kappa shape index (κ1) is 17.7. The maximum atomic E-state index is 12.1. The summed E-state index contributed by atoms with van der Waals surface area (Å²) >= 11 is 0. The summed E-state index contributed by atoms with van der Waals surface area (Å²) in [6.45, 7) is 6.37. The molecule has 2 rings (SSSR count). The Kier molecular flexibility index (Phi) is 5.59. The molecule has 2 N–H and O–H groups in total. The highest BCUT2D eigenvalue weighted by molar-refractivity contribution is 5.68. The molecule has 0 bridgehead atoms. The molecule has 0 aliphatic carbocycles. The van der Waals surface area contributed by atoms with E-state index < -0.39 is 11.7 Å². The predicted molar refractivity (Wildman–Crippen MR) is 86.2 cm³/mol. The summed E-state index contributed by atoms with van der Waals surface area (Å²) in [6.07, 6.45) is 1.93. The van der Waals surface area contributed by atoms with Crippen LogP contribution < -0.4 is 0 Å². The van der Waals surface area contributed by atoms with Gasteiger partial charge in [0.1, 0.15) is 5.60 Å². The van der Waals surface area contributed by atoms with Crippen molar-refractivity contribution in [3.8, 4) is 0 Å². The highest BCUT2D eigenvalue weighted by Crippen LogP contribution is 2.29. The molecule has 6 heteroatoms. The number of ether oxygens (including phenoxy) is 1. The number of amides is 1. The van der Waals surface area contributed by atoms with Gasteiger partial charge in [-0.05, 0) is 38.8 Å². The monoisotopic (exact) mass is 322 g/mol. The average molecular weight is 322 g/mol. The largest absolute Gasteiger partial charge is 0.444 e. The van der Waals surface area contributed by atoms with E-state index in [1.54, 1.807) is 11.1 Å². The molecule has 1 aromatic rings. The van der Waals surface area contributed by atoms with Gasteiger partial charge in [0, 0.05) is 37.4 Å². The predicted octanol–water partition coefficient (Wildman–Crippen LogP) is 1.70. The standard InChI is InChI=1S/C17H26N2O4/c1-17(2,3)23-16(22)19-8-6-14(15(21)11-19)12-4-5-13(7-9-20)18-10-12/h4-5,10,14-15,20-21H,6-9,11H2,1-3H3. The van der Waals surface area contributed by atoms with E-state index in [0.717, 1.165) is 11.3 Å². The van der Waals surface area contributed by atoms with Crippen LogP contribution in [0.4, 0.5) is 4.79 Å². The second-order valence-corrected chi connectivity index (χ2v) is 6.95. The van der Waals surface area contributed by atoms with E-state index in [-0.39, 0.29) is 25.2 Å². The van der Waals surface area contributed by atoms with Crippen molar-refractivity contribution in [3.05, 3.63) is 29.6 Å². The van der Waals surface area contributed by atoms with Gasteiger partial charge in [-0.15, -0.1) is 0 Å². The van der Waals surface area contributed by atoms with Gasteiger partial charge in [0.05, 0.1) is 12.6 Å². The van der Waals surface area contributed by atoms with Crippen molar-refractivity contribution in [3.63, 3.8) is 0 Å². The first-order chi connectivity index (χ1) is 10.8. The SMILES string of the molecule is CC(C)(C)OC(=O)N1CCC(c2ccc(CCO)nc2)C(O)C1. The Bertz CT molecular complexity index is 524. The maximum absolute atomic E-state index is 12.1. The van der Waals surface area contributed by atoms with Crippen LogP contribution >= 0.6 is 0 Å². The second-order valence-electron chi connectivity index (χ2n) is 6.95. The molecular weight excluding hydrogens is 296 g/mol. The number of hydrogen-bond donors (Lipinski definition) is 2. The Labute approximate surface area is 137 Å². The number of aliphatic hydroxyl groups is 2. The number of likely N-dealkylation sites (tertiary alicyclic amines) is 1. The van der Waals surface area contributed by atoms with E-state index in [1.165, 1.54) is 0 Å². The fraction of sp³-hybridized carbons (Fsp3) is 0.647. The van der Waals surface area contributed by atoms with Crippen LogP contribution in [0.1, 0.15) is 44.4 Å². The molecule has 0 radical (unpaired) electrons. The molecule has 2 unspecified atom stereocenters. The first-order valence-electron chi connectivity index (χ1n) is 8.02. The number of β-amino-alcohol motifs (C(OH)–C–C–N with tert-alkyl or cyclic N) is 1. The zero-order valence-corrected chi connectivity index (χ0v) is 14.0. The Hall–Kier alpha value is -1.66. The molecule has 1 aliphatic heterocycles. The van der Waals surface area contributed by atoms with Gasteiger partial charge < -0.3 is 19.8 Å². The van der Waals surface area contributed by atoms with E-state index in [4.69, 9.17) is 9.84 Å². The molecule has 0 aromatic carbocycles. The van der Waals surface area contributed by atoms with Gasteiger partial charge in [-0.25, -0.2) is 4.79 Å². The van der Waals surface area contributed by atoms with E-state index in [1.807, 2.05) is 32.9 Å². The number of aliphatic hydroxyl groups excluding tert-OH is 2. The number of hydrogen-bond acceptors (Lipinski definition) is 5. The van der Waals surface area contributed by atoms with Gasteiger partial charge in [0.2, 0.25) is 0 Å². The summed E-state index contributed by atoms with van der Waals surface area (Å²) in [4.78, 5) is 17.9. The van der Waals surface area contributed by atoms with Crippen molar-refractivity contribution in [2.24, 2.45) is 0 Å². The number of rotatable bonds is 3. The van der Waals surface area contributed by atoms with Crippen LogP contribution in [0, 0.1) is 0 Å². The Morgan fingerprint density at radius 2 is 2.17 bits per heavy atom. The summed E-state index contributed by atoms with van der Waals surface area (Å²) < 4.78 is 5.35. The van der Waals surface area contributed by atoms with Crippen LogP contribution in [-0.2, 0) is 11.2 Å². The molecule has 2 heterocycles. The first-order valence-corrected chi connectivity index (χ1v) is 8.02. The third kappa shape index (κ3) is 4.91. The third-order valence-corrected chi connectivity index (χ3v) is 3.88. The molecule has 1 aromatic heterocycles. The van der Waals surface area contributed by atoms with E-state index in [9.17, 15) is 9.90 Å². The van der Waals surface area contributed by atoms with Crippen molar-refractivity contribution < 1.29 is 19.7 Å². The van der Waals surface area contributed by atoms with Crippen molar-refractivity contribution >= 4 is 6.09 Å². The number of pyridine rings is 1. The minimum absolute atomic E-state index is 0.0376. The molecule has 23 heavy (non-hydrogen) atoms.